The number of nitrogen functional groups attached to an aromatic ring is 1. The average Bonchev–Trinajstić information content (AvgIpc) is 2.74. The predicted molar refractivity (Wildman–Crippen MR) is 71.4 cm³/mol. The van der Waals surface area contributed by atoms with Gasteiger partial charge < -0.3 is 5.73 Å². The molecule has 6 heteroatoms. The molecule has 0 amide bonds. The molecule has 0 saturated heterocycles. The zero-order chi connectivity index (χ0) is 12.5. The number of fused-ring (bicyclic) bond motifs is 1. The lowest BCUT2D eigenvalue weighted by molar-refractivity contribution is 1.01. The Kier molecular flexibility index (Phi) is 2.64. The van der Waals surface area contributed by atoms with Crippen LogP contribution in [-0.4, -0.2) is 20.2 Å². The zero-order valence-electron chi connectivity index (χ0n) is 9.71. The minimum absolute atomic E-state index is 0.448. The number of aromatic nitrogens is 4. The Hall–Kier alpha value is -2.08. The molecule has 0 bridgehead atoms. The van der Waals surface area contributed by atoms with Gasteiger partial charge in [0.2, 0.25) is 0 Å². The van der Waals surface area contributed by atoms with E-state index >= 15 is 0 Å². The Morgan fingerprint density at radius 1 is 1.28 bits per heavy atom. The van der Waals surface area contributed by atoms with Crippen LogP contribution in [-0.2, 0) is 0 Å². The third-order valence-electron chi connectivity index (χ3n) is 2.56. The molecule has 3 rings (SSSR count). The van der Waals surface area contributed by atoms with Gasteiger partial charge in [-0.3, -0.25) is 5.10 Å². The molecule has 2 heterocycles. The molecule has 0 aliphatic carbocycles. The molecule has 5 nitrogen and oxygen atoms in total. The number of rotatable bonds is 2. The number of hydrogen-bond acceptors (Lipinski definition) is 5. The summed E-state index contributed by atoms with van der Waals surface area (Å²) in [4.78, 5) is 9.21. The Labute approximate surface area is 108 Å². The van der Waals surface area contributed by atoms with Crippen molar-refractivity contribution < 1.29 is 0 Å². The first kappa shape index (κ1) is 11.0. The maximum atomic E-state index is 5.86. The van der Waals surface area contributed by atoms with Gasteiger partial charge in [0.05, 0.1) is 5.39 Å². The molecule has 2 aromatic heterocycles. The number of nitrogens with zero attached hydrogens (tertiary/aromatic N) is 3. The first-order valence-corrected chi connectivity index (χ1v) is 6.25. The van der Waals surface area contributed by atoms with Gasteiger partial charge >= 0.3 is 0 Å². The smallest absolute Gasteiger partial charge is 0.161 e. The number of aryl methyl sites for hydroxylation is 1. The molecule has 0 atom stereocenters. The molecule has 90 valence electrons. The molecular weight excluding hydrogens is 246 g/mol. The summed E-state index contributed by atoms with van der Waals surface area (Å²) in [6.07, 6.45) is 1.43. The van der Waals surface area contributed by atoms with E-state index < -0.39 is 0 Å². The van der Waals surface area contributed by atoms with Gasteiger partial charge in [0.1, 0.15) is 17.2 Å². The van der Waals surface area contributed by atoms with E-state index in [2.05, 4.69) is 39.2 Å². The van der Waals surface area contributed by atoms with Gasteiger partial charge in [0.25, 0.3) is 0 Å². The van der Waals surface area contributed by atoms with E-state index in [9.17, 15) is 0 Å². The largest absolute Gasteiger partial charge is 0.383 e. The molecule has 0 aliphatic rings. The highest BCUT2D eigenvalue weighted by Crippen LogP contribution is 2.33. The highest BCUT2D eigenvalue weighted by Gasteiger charge is 2.11. The minimum Gasteiger partial charge on any atom is -0.383 e. The summed E-state index contributed by atoms with van der Waals surface area (Å²) >= 11 is 1.55. The van der Waals surface area contributed by atoms with Crippen LogP contribution >= 0.6 is 11.8 Å². The Balaban J connectivity index is 2.05. The molecular formula is C12H11N5S. The van der Waals surface area contributed by atoms with Crippen LogP contribution in [0.3, 0.4) is 0 Å². The van der Waals surface area contributed by atoms with Gasteiger partial charge in [0, 0.05) is 4.90 Å². The van der Waals surface area contributed by atoms with Crippen molar-refractivity contribution in [1.29, 1.82) is 0 Å². The molecule has 3 aromatic rings. The molecule has 0 saturated carbocycles. The second-order valence-corrected chi connectivity index (χ2v) is 4.99. The second-order valence-electron chi connectivity index (χ2n) is 3.93. The number of H-pyrrole nitrogens is 1. The maximum Gasteiger partial charge on any atom is 0.161 e. The van der Waals surface area contributed by atoms with Crippen molar-refractivity contribution in [1.82, 2.24) is 20.2 Å². The topological polar surface area (TPSA) is 80.5 Å². The van der Waals surface area contributed by atoms with Crippen molar-refractivity contribution in [2.24, 2.45) is 0 Å². The second kappa shape index (κ2) is 4.30. The van der Waals surface area contributed by atoms with E-state index in [0.29, 0.717) is 11.5 Å². The van der Waals surface area contributed by atoms with Crippen molar-refractivity contribution in [2.45, 2.75) is 16.8 Å². The van der Waals surface area contributed by atoms with Crippen LogP contribution in [0, 0.1) is 6.92 Å². The lowest BCUT2D eigenvalue weighted by Crippen LogP contribution is -1.92. The van der Waals surface area contributed by atoms with Crippen LogP contribution in [0.25, 0.3) is 11.0 Å². The highest BCUT2D eigenvalue weighted by molar-refractivity contribution is 7.99. The van der Waals surface area contributed by atoms with Crippen LogP contribution in [0.4, 0.5) is 5.82 Å². The quantitative estimate of drug-likeness (QED) is 0.736. The fourth-order valence-electron chi connectivity index (χ4n) is 1.72. The third-order valence-corrected chi connectivity index (χ3v) is 3.54. The van der Waals surface area contributed by atoms with Crippen LogP contribution < -0.4 is 5.73 Å². The zero-order valence-corrected chi connectivity index (χ0v) is 10.5. The van der Waals surface area contributed by atoms with Gasteiger partial charge in [-0.2, -0.15) is 5.10 Å². The highest BCUT2D eigenvalue weighted by atomic mass is 32.2. The normalized spacial score (nSPS) is 10.9. The maximum absolute atomic E-state index is 5.86. The van der Waals surface area contributed by atoms with Crippen LogP contribution in [0.5, 0.6) is 0 Å². The van der Waals surface area contributed by atoms with E-state index in [1.54, 1.807) is 11.8 Å². The standard InChI is InChI=1S/C12H11N5S/c1-7-3-2-4-8(5-7)18-12-9-10(13)14-6-15-11(9)16-17-12/h2-6H,1H3,(H3,13,14,15,16,17). The van der Waals surface area contributed by atoms with Crippen molar-refractivity contribution >= 4 is 28.6 Å². The van der Waals surface area contributed by atoms with Crippen molar-refractivity contribution in [2.75, 3.05) is 5.73 Å². The first-order chi connectivity index (χ1) is 8.74. The number of anilines is 1. The van der Waals surface area contributed by atoms with E-state index in [-0.39, 0.29) is 0 Å². The molecule has 3 N–H and O–H groups in total. The number of benzene rings is 1. The molecule has 0 aliphatic heterocycles. The summed E-state index contributed by atoms with van der Waals surface area (Å²) in [5, 5.41) is 8.68. The molecule has 18 heavy (non-hydrogen) atoms. The van der Waals surface area contributed by atoms with Crippen LogP contribution in [0.15, 0.2) is 40.5 Å². The first-order valence-electron chi connectivity index (χ1n) is 5.43. The van der Waals surface area contributed by atoms with E-state index in [4.69, 9.17) is 5.73 Å². The fraction of sp³-hybridized carbons (Fsp3) is 0.0833. The van der Waals surface area contributed by atoms with Gasteiger partial charge in [-0.05, 0) is 19.1 Å². The van der Waals surface area contributed by atoms with Crippen LogP contribution in [0.1, 0.15) is 5.56 Å². The number of hydrogen-bond donors (Lipinski definition) is 2. The molecule has 0 fully saturated rings. The third kappa shape index (κ3) is 1.91. The minimum atomic E-state index is 0.448. The number of nitrogens with one attached hydrogen (secondary N) is 1. The summed E-state index contributed by atoms with van der Waals surface area (Å²) in [6.45, 7) is 2.06. The van der Waals surface area contributed by atoms with Crippen molar-refractivity contribution in [3.8, 4) is 0 Å². The summed E-state index contributed by atoms with van der Waals surface area (Å²) in [5.41, 5.74) is 7.74. The van der Waals surface area contributed by atoms with Gasteiger partial charge in [-0.1, -0.05) is 29.5 Å². The van der Waals surface area contributed by atoms with E-state index in [1.165, 1.54) is 11.9 Å². The monoisotopic (exact) mass is 257 g/mol. The molecule has 0 unspecified atom stereocenters. The number of aromatic amines is 1. The Morgan fingerprint density at radius 2 is 2.17 bits per heavy atom. The van der Waals surface area contributed by atoms with Gasteiger partial charge in [-0.25, -0.2) is 9.97 Å². The van der Waals surface area contributed by atoms with E-state index in [1.807, 2.05) is 12.1 Å². The SMILES string of the molecule is Cc1cccc(Sc2n[nH]c3ncnc(N)c23)c1. The van der Waals surface area contributed by atoms with Gasteiger partial charge in [0.15, 0.2) is 5.65 Å². The Bertz CT molecular complexity index is 707. The summed E-state index contributed by atoms with van der Waals surface area (Å²) in [7, 11) is 0. The predicted octanol–water partition coefficient (Wildman–Crippen LogP) is 2.39. The number of nitrogens with two attached hydrogens (primary N) is 1. The summed E-state index contributed by atoms with van der Waals surface area (Å²) < 4.78 is 0. The lowest BCUT2D eigenvalue weighted by atomic mass is 10.2. The van der Waals surface area contributed by atoms with E-state index in [0.717, 1.165) is 15.3 Å². The van der Waals surface area contributed by atoms with Gasteiger partial charge in [-0.15, -0.1) is 0 Å². The molecule has 0 spiro atoms. The summed E-state index contributed by atoms with van der Waals surface area (Å²) in [6, 6.07) is 8.22. The summed E-state index contributed by atoms with van der Waals surface area (Å²) in [5.74, 6) is 0.448. The lowest BCUT2D eigenvalue weighted by Gasteiger charge is -2.00. The average molecular weight is 257 g/mol. The van der Waals surface area contributed by atoms with Crippen LogP contribution in [0.2, 0.25) is 0 Å². The van der Waals surface area contributed by atoms with Crippen molar-refractivity contribution in [3.05, 3.63) is 36.2 Å². The Morgan fingerprint density at radius 3 is 3.00 bits per heavy atom. The molecule has 1 aromatic carbocycles. The fourth-order valence-corrected chi connectivity index (χ4v) is 2.73. The molecule has 0 radical (unpaired) electrons. The van der Waals surface area contributed by atoms with Crippen molar-refractivity contribution in [3.63, 3.8) is 0 Å².